The number of nitro benzene ring substituents is 1. The molecule has 0 aliphatic heterocycles. The van der Waals surface area contributed by atoms with Gasteiger partial charge in [-0.25, -0.2) is 9.78 Å². The van der Waals surface area contributed by atoms with Crippen molar-refractivity contribution in [1.82, 2.24) is 9.55 Å². The molecule has 0 radical (unpaired) electrons. The van der Waals surface area contributed by atoms with E-state index >= 15 is 0 Å². The SMILES string of the molecule is CC(C)Oc1cc(-n2cnc(C(=O)O)c2)cc([N+](=O)[O-])c1. The number of aromatic carboxylic acids is 1. The molecule has 1 N–H and O–H groups in total. The van der Waals surface area contributed by atoms with Gasteiger partial charge in [-0.05, 0) is 13.8 Å². The number of rotatable bonds is 5. The smallest absolute Gasteiger partial charge is 0.356 e. The number of carboxylic acid groups (broad SMARTS) is 1. The maximum atomic E-state index is 11.0. The first-order chi connectivity index (χ1) is 9.86. The normalized spacial score (nSPS) is 10.6. The van der Waals surface area contributed by atoms with Crippen molar-refractivity contribution in [3.63, 3.8) is 0 Å². The molecule has 8 heteroatoms. The van der Waals surface area contributed by atoms with Gasteiger partial charge in [0.2, 0.25) is 0 Å². The Morgan fingerprint density at radius 1 is 1.43 bits per heavy atom. The molecule has 0 amide bonds. The zero-order valence-electron chi connectivity index (χ0n) is 11.4. The van der Waals surface area contributed by atoms with Gasteiger partial charge in [0.05, 0.1) is 22.8 Å². The van der Waals surface area contributed by atoms with E-state index in [1.165, 1.54) is 29.2 Å². The number of aromatic nitrogens is 2. The lowest BCUT2D eigenvalue weighted by molar-refractivity contribution is -0.384. The number of nitro groups is 1. The van der Waals surface area contributed by atoms with Gasteiger partial charge in [-0.2, -0.15) is 0 Å². The predicted molar refractivity (Wildman–Crippen MR) is 72.9 cm³/mol. The van der Waals surface area contributed by atoms with E-state index < -0.39 is 10.9 Å². The lowest BCUT2D eigenvalue weighted by Gasteiger charge is -2.11. The van der Waals surface area contributed by atoms with E-state index in [9.17, 15) is 14.9 Å². The van der Waals surface area contributed by atoms with Crippen molar-refractivity contribution < 1.29 is 19.6 Å². The molecule has 1 aromatic heterocycles. The van der Waals surface area contributed by atoms with Crippen molar-refractivity contribution in [2.75, 3.05) is 0 Å². The molecule has 2 aromatic rings. The molecule has 1 heterocycles. The third kappa shape index (κ3) is 3.35. The Kier molecular flexibility index (Phi) is 3.88. The van der Waals surface area contributed by atoms with Gasteiger partial charge in [-0.3, -0.25) is 10.1 Å². The minimum atomic E-state index is -1.17. The summed E-state index contributed by atoms with van der Waals surface area (Å²) in [4.78, 5) is 25.0. The van der Waals surface area contributed by atoms with Gasteiger partial charge in [-0.1, -0.05) is 0 Å². The Morgan fingerprint density at radius 2 is 2.14 bits per heavy atom. The highest BCUT2D eigenvalue weighted by molar-refractivity contribution is 5.85. The number of non-ortho nitro benzene ring substituents is 1. The van der Waals surface area contributed by atoms with Crippen LogP contribution >= 0.6 is 0 Å². The quantitative estimate of drug-likeness (QED) is 0.668. The van der Waals surface area contributed by atoms with Crippen molar-refractivity contribution in [3.8, 4) is 11.4 Å². The van der Waals surface area contributed by atoms with Crippen molar-refractivity contribution in [2.45, 2.75) is 20.0 Å². The van der Waals surface area contributed by atoms with E-state index in [-0.39, 0.29) is 17.5 Å². The molecule has 0 aliphatic rings. The molecule has 0 spiro atoms. The van der Waals surface area contributed by atoms with Gasteiger partial charge in [0.25, 0.3) is 5.69 Å². The number of carboxylic acids is 1. The van der Waals surface area contributed by atoms with Crippen molar-refractivity contribution in [2.24, 2.45) is 0 Å². The van der Waals surface area contributed by atoms with Crippen LogP contribution in [-0.4, -0.2) is 31.7 Å². The van der Waals surface area contributed by atoms with Gasteiger partial charge in [0, 0.05) is 18.3 Å². The van der Waals surface area contributed by atoms with E-state index in [1.54, 1.807) is 19.9 Å². The second kappa shape index (κ2) is 5.61. The molecular formula is C13H13N3O5. The van der Waals surface area contributed by atoms with Gasteiger partial charge in [-0.15, -0.1) is 0 Å². The number of hydrogen-bond acceptors (Lipinski definition) is 5. The monoisotopic (exact) mass is 291 g/mol. The largest absolute Gasteiger partial charge is 0.491 e. The number of nitrogens with zero attached hydrogens (tertiary/aromatic N) is 3. The zero-order valence-corrected chi connectivity index (χ0v) is 11.4. The van der Waals surface area contributed by atoms with E-state index in [0.29, 0.717) is 11.4 Å². The molecule has 0 fully saturated rings. The highest BCUT2D eigenvalue weighted by Gasteiger charge is 2.14. The first-order valence-corrected chi connectivity index (χ1v) is 6.10. The summed E-state index contributed by atoms with van der Waals surface area (Å²) >= 11 is 0. The van der Waals surface area contributed by atoms with Crippen molar-refractivity contribution >= 4 is 11.7 Å². The fourth-order valence-corrected chi connectivity index (χ4v) is 1.74. The van der Waals surface area contributed by atoms with E-state index in [0.717, 1.165) is 0 Å². The summed E-state index contributed by atoms with van der Waals surface area (Å²) < 4.78 is 6.86. The van der Waals surface area contributed by atoms with E-state index in [2.05, 4.69) is 4.98 Å². The highest BCUT2D eigenvalue weighted by Crippen LogP contribution is 2.26. The standard InChI is InChI=1S/C13H13N3O5/c1-8(2)21-11-4-9(3-10(5-11)16(19)20)15-6-12(13(17)18)14-7-15/h3-8H,1-2H3,(H,17,18). The van der Waals surface area contributed by atoms with Crippen molar-refractivity contribution in [1.29, 1.82) is 0 Å². The Morgan fingerprint density at radius 3 is 2.67 bits per heavy atom. The average molecular weight is 291 g/mol. The molecule has 8 nitrogen and oxygen atoms in total. The number of imidazole rings is 1. The Hall–Kier alpha value is -2.90. The summed E-state index contributed by atoms with van der Waals surface area (Å²) in [7, 11) is 0. The number of carbonyl (C=O) groups is 1. The van der Waals surface area contributed by atoms with Gasteiger partial charge >= 0.3 is 5.97 Å². The maximum Gasteiger partial charge on any atom is 0.356 e. The lowest BCUT2D eigenvalue weighted by atomic mass is 10.2. The minimum Gasteiger partial charge on any atom is -0.491 e. The predicted octanol–water partition coefficient (Wildman–Crippen LogP) is 2.27. The van der Waals surface area contributed by atoms with Gasteiger partial charge < -0.3 is 14.4 Å². The molecule has 0 unspecified atom stereocenters. The van der Waals surface area contributed by atoms with Crippen LogP contribution in [0.4, 0.5) is 5.69 Å². The van der Waals surface area contributed by atoms with E-state index in [4.69, 9.17) is 9.84 Å². The average Bonchev–Trinajstić information content (AvgIpc) is 2.87. The number of ether oxygens (including phenoxy) is 1. The summed E-state index contributed by atoms with van der Waals surface area (Å²) in [6.07, 6.45) is 2.42. The Labute approximate surface area is 119 Å². The van der Waals surface area contributed by atoms with Gasteiger partial charge in [0.15, 0.2) is 5.69 Å². The van der Waals surface area contributed by atoms with Crippen LogP contribution in [0.15, 0.2) is 30.7 Å². The summed E-state index contributed by atoms with van der Waals surface area (Å²) in [5, 5.41) is 19.8. The van der Waals surface area contributed by atoms with Crippen LogP contribution in [0.1, 0.15) is 24.3 Å². The molecule has 2 rings (SSSR count). The fourth-order valence-electron chi connectivity index (χ4n) is 1.74. The topological polar surface area (TPSA) is 107 Å². The molecule has 0 aliphatic carbocycles. The van der Waals surface area contributed by atoms with Crippen LogP contribution in [0.25, 0.3) is 5.69 Å². The Balaban J connectivity index is 2.47. The second-order valence-corrected chi connectivity index (χ2v) is 4.58. The summed E-state index contributed by atoms with van der Waals surface area (Å²) in [6, 6.07) is 4.22. The van der Waals surface area contributed by atoms with Crippen molar-refractivity contribution in [3.05, 3.63) is 46.5 Å². The van der Waals surface area contributed by atoms with Crippen LogP contribution in [0.5, 0.6) is 5.75 Å². The minimum absolute atomic E-state index is 0.141. The molecule has 21 heavy (non-hydrogen) atoms. The maximum absolute atomic E-state index is 11.0. The highest BCUT2D eigenvalue weighted by atomic mass is 16.6. The second-order valence-electron chi connectivity index (χ2n) is 4.58. The zero-order chi connectivity index (χ0) is 15.6. The molecule has 1 aromatic carbocycles. The van der Waals surface area contributed by atoms with Crippen LogP contribution in [0, 0.1) is 10.1 Å². The number of benzene rings is 1. The molecule has 0 bridgehead atoms. The lowest BCUT2D eigenvalue weighted by Crippen LogP contribution is -2.06. The first-order valence-electron chi connectivity index (χ1n) is 6.10. The van der Waals surface area contributed by atoms with E-state index in [1.807, 2.05) is 0 Å². The fraction of sp³-hybridized carbons (Fsp3) is 0.231. The molecular weight excluding hydrogens is 278 g/mol. The third-order valence-electron chi connectivity index (χ3n) is 2.56. The molecule has 0 saturated carbocycles. The van der Waals surface area contributed by atoms with Crippen LogP contribution in [-0.2, 0) is 0 Å². The Bertz CT molecular complexity index is 693. The third-order valence-corrected chi connectivity index (χ3v) is 2.56. The van der Waals surface area contributed by atoms with Gasteiger partial charge in [0.1, 0.15) is 12.1 Å². The summed E-state index contributed by atoms with van der Waals surface area (Å²) in [5.41, 5.74) is 0.112. The first kappa shape index (κ1) is 14.5. The number of hydrogen-bond donors (Lipinski definition) is 1. The van der Waals surface area contributed by atoms with Crippen LogP contribution < -0.4 is 4.74 Å². The van der Waals surface area contributed by atoms with Crippen LogP contribution in [0.2, 0.25) is 0 Å². The molecule has 0 saturated heterocycles. The molecule has 110 valence electrons. The van der Waals surface area contributed by atoms with Crippen LogP contribution in [0.3, 0.4) is 0 Å². The summed E-state index contributed by atoms with van der Waals surface area (Å²) in [5.74, 6) is -0.836. The molecule has 0 atom stereocenters. The summed E-state index contributed by atoms with van der Waals surface area (Å²) in [6.45, 7) is 3.61.